The van der Waals surface area contributed by atoms with Crippen molar-refractivity contribution in [3.63, 3.8) is 0 Å². The van der Waals surface area contributed by atoms with Crippen molar-refractivity contribution < 1.29 is 9.53 Å². The summed E-state index contributed by atoms with van der Waals surface area (Å²) < 4.78 is 4.61. The van der Waals surface area contributed by atoms with Gasteiger partial charge in [-0.05, 0) is 61.1 Å². The Morgan fingerprint density at radius 2 is 2.09 bits per heavy atom. The van der Waals surface area contributed by atoms with Crippen molar-refractivity contribution in [2.75, 3.05) is 25.6 Å². The quantitative estimate of drug-likeness (QED) is 0.475. The molecule has 1 aliphatic rings. The van der Waals surface area contributed by atoms with Crippen LogP contribution in [0.4, 0.5) is 5.69 Å². The Labute approximate surface area is 139 Å². The van der Waals surface area contributed by atoms with Crippen LogP contribution in [0.5, 0.6) is 0 Å². The van der Waals surface area contributed by atoms with Crippen LogP contribution < -0.4 is 4.90 Å². The van der Waals surface area contributed by atoms with E-state index in [0.29, 0.717) is 0 Å². The van der Waals surface area contributed by atoms with Crippen molar-refractivity contribution in [1.29, 1.82) is 0 Å². The minimum Gasteiger partial charge on any atom is -0.466 e. The maximum atomic E-state index is 11.2. The molecule has 0 aromatic heterocycles. The topological polar surface area (TPSA) is 29.5 Å². The fraction of sp³-hybridized carbons (Fsp3) is 0.350. The zero-order valence-corrected chi connectivity index (χ0v) is 14.4. The lowest BCUT2D eigenvalue weighted by Gasteiger charge is -2.27. The number of hydrogen-bond donors (Lipinski definition) is 0. The van der Waals surface area contributed by atoms with Gasteiger partial charge >= 0.3 is 5.97 Å². The molecule has 3 nitrogen and oxygen atoms in total. The number of allylic oxidation sites excluding steroid dienone is 5. The molecule has 122 valence electrons. The number of aryl methyl sites for hydroxylation is 1. The second-order valence-electron chi connectivity index (χ2n) is 5.99. The number of carbonyl (C=O) groups excluding carboxylic acids is 1. The van der Waals surface area contributed by atoms with E-state index in [9.17, 15) is 4.79 Å². The van der Waals surface area contributed by atoms with Crippen LogP contribution in [0.3, 0.4) is 0 Å². The van der Waals surface area contributed by atoms with E-state index in [0.717, 1.165) is 18.5 Å². The summed E-state index contributed by atoms with van der Waals surface area (Å²) in [4.78, 5) is 13.5. The smallest absolute Gasteiger partial charge is 0.330 e. The van der Waals surface area contributed by atoms with Gasteiger partial charge in [0.2, 0.25) is 0 Å². The predicted octanol–water partition coefficient (Wildman–Crippen LogP) is 4.15. The average molecular weight is 311 g/mol. The van der Waals surface area contributed by atoms with E-state index in [1.165, 1.54) is 42.0 Å². The van der Waals surface area contributed by atoms with Gasteiger partial charge in [-0.25, -0.2) is 4.79 Å². The highest BCUT2D eigenvalue weighted by Crippen LogP contribution is 2.29. The molecule has 0 amide bonds. The summed E-state index contributed by atoms with van der Waals surface area (Å²) in [6, 6.07) is 6.69. The van der Waals surface area contributed by atoms with E-state index >= 15 is 0 Å². The number of ether oxygens (including phenoxy) is 1. The molecule has 0 fully saturated rings. The van der Waals surface area contributed by atoms with Gasteiger partial charge in [0.05, 0.1) is 7.11 Å². The lowest BCUT2D eigenvalue weighted by atomic mass is 9.97. The van der Waals surface area contributed by atoms with Gasteiger partial charge in [0.15, 0.2) is 0 Å². The molecule has 0 spiro atoms. The van der Waals surface area contributed by atoms with Crippen LogP contribution in [0.2, 0.25) is 0 Å². The van der Waals surface area contributed by atoms with Gasteiger partial charge in [-0.2, -0.15) is 0 Å². The highest BCUT2D eigenvalue weighted by atomic mass is 16.5. The van der Waals surface area contributed by atoms with E-state index in [4.69, 9.17) is 0 Å². The number of benzene rings is 1. The first-order chi connectivity index (χ1) is 11.0. The number of rotatable bonds is 4. The van der Waals surface area contributed by atoms with E-state index in [-0.39, 0.29) is 5.97 Å². The second-order valence-corrected chi connectivity index (χ2v) is 5.99. The van der Waals surface area contributed by atoms with Crippen LogP contribution in [0.1, 0.15) is 31.4 Å². The van der Waals surface area contributed by atoms with Crippen molar-refractivity contribution >= 4 is 17.2 Å². The molecule has 23 heavy (non-hydrogen) atoms. The van der Waals surface area contributed by atoms with Crippen LogP contribution in [0, 0.1) is 0 Å². The van der Waals surface area contributed by atoms with Crippen molar-refractivity contribution in [2.45, 2.75) is 26.7 Å². The number of carbonyl (C=O) groups is 1. The summed E-state index contributed by atoms with van der Waals surface area (Å²) in [5.41, 5.74) is 6.10. The van der Waals surface area contributed by atoms with Crippen molar-refractivity contribution in [3.05, 3.63) is 59.2 Å². The first-order valence-electron chi connectivity index (χ1n) is 7.97. The molecule has 1 aromatic rings. The second kappa shape index (κ2) is 7.82. The first-order valence-corrected chi connectivity index (χ1v) is 7.97. The molecule has 0 unspecified atom stereocenters. The lowest BCUT2D eigenvalue weighted by Crippen LogP contribution is -2.24. The molecule has 2 rings (SSSR count). The van der Waals surface area contributed by atoms with Crippen molar-refractivity contribution in [3.8, 4) is 0 Å². The largest absolute Gasteiger partial charge is 0.466 e. The van der Waals surface area contributed by atoms with E-state index < -0.39 is 0 Å². The summed E-state index contributed by atoms with van der Waals surface area (Å²) in [6.07, 6.45) is 9.80. The number of nitrogens with zero attached hydrogens (tertiary/aromatic N) is 1. The third-order valence-corrected chi connectivity index (χ3v) is 4.14. The van der Waals surface area contributed by atoms with Crippen LogP contribution >= 0.6 is 0 Å². The normalized spacial score (nSPS) is 15.7. The third kappa shape index (κ3) is 4.59. The Morgan fingerprint density at radius 3 is 2.83 bits per heavy atom. The lowest BCUT2D eigenvalue weighted by molar-refractivity contribution is -0.134. The molecule has 3 heteroatoms. The summed E-state index contributed by atoms with van der Waals surface area (Å²) in [5.74, 6) is -0.327. The first kappa shape index (κ1) is 17.1. The predicted molar refractivity (Wildman–Crippen MR) is 96.6 cm³/mol. The molecule has 1 aromatic carbocycles. The summed E-state index contributed by atoms with van der Waals surface area (Å²) >= 11 is 0. The van der Waals surface area contributed by atoms with Gasteiger partial charge in [-0.15, -0.1) is 0 Å². The molecule has 0 bridgehead atoms. The zero-order valence-electron chi connectivity index (χ0n) is 14.4. The Hall–Kier alpha value is -2.29. The molecule has 0 radical (unpaired) electrons. The molecule has 0 saturated carbocycles. The number of esters is 1. The van der Waals surface area contributed by atoms with Crippen LogP contribution in [0.15, 0.2) is 48.1 Å². The Kier molecular flexibility index (Phi) is 5.80. The number of hydrogen-bond acceptors (Lipinski definition) is 3. The molecule has 1 heterocycles. The monoisotopic (exact) mass is 311 g/mol. The van der Waals surface area contributed by atoms with Crippen LogP contribution in [-0.2, 0) is 16.0 Å². The SMILES string of the molecule is COC(=O)C=C(C)C=CC=C(C)c1ccc2c(c1)CCCN2C. The zero-order chi connectivity index (χ0) is 16.8. The highest BCUT2D eigenvalue weighted by Gasteiger charge is 2.13. The number of fused-ring (bicyclic) bond motifs is 1. The Balaban J connectivity index is 2.12. The van der Waals surface area contributed by atoms with Crippen molar-refractivity contribution in [2.24, 2.45) is 0 Å². The molecule has 0 aliphatic carbocycles. The fourth-order valence-electron chi connectivity index (χ4n) is 2.76. The van der Waals surface area contributed by atoms with Gasteiger partial charge in [-0.1, -0.05) is 24.3 Å². The van der Waals surface area contributed by atoms with E-state index in [2.05, 4.69) is 47.9 Å². The fourth-order valence-corrected chi connectivity index (χ4v) is 2.76. The number of methoxy groups -OCH3 is 1. The maximum absolute atomic E-state index is 11.2. The van der Waals surface area contributed by atoms with Gasteiger partial charge in [0.1, 0.15) is 0 Å². The number of anilines is 1. The highest BCUT2D eigenvalue weighted by molar-refractivity contribution is 5.83. The molecule has 0 atom stereocenters. The molecule has 0 N–H and O–H groups in total. The van der Waals surface area contributed by atoms with Gasteiger partial charge < -0.3 is 9.64 Å². The maximum Gasteiger partial charge on any atom is 0.330 e. The molecular formula is C20H25NO2. The average Bonchev–Trinajstić information content (AvgIpc) is 2.54. The molecule has 1 aliphatic heterocycles. The summed E-state index contributed by atoms with van der Waals surface area (Å²) in [6.45, 7) is 5.12. The summed E-state index contributed by atoms with van der Waals surface area (Å²) in [7, 11) is 3.53. The van der Waals surface area contributed by atoms with E-state index in [1.807, 2.05) is 19.1 Å². The van der Waals surface area contributed by atoms with Gasteiger partial charge in [0.25, 0.3) is 0 Å². The third-order valence-electron chi connectivity index (χ3n) is 4.14. The van der Waals surface area contributed by atoms with Gasteiger partial charge in [0, 0.05) is 25.4 Å². The van der Waals surface area contributed by atoms with E-state index in [1.54, 1.807) is 0 Å². The Morgan fingerprint density at radius 1 is 1.30 bits per heavy atom. The van der Waals surface area contributed by atoms with Gasteiger partial charge in [-0.3, -0.25) is 0 Å². The van der Waals surface area contributed by atoms with Crippen molar-refractivity contribution in [1.82, 2.24) is 0 Å². The molecular weight excluding hydrogens is 286 g/mol. The standard InChI is InChI=1S/C20H25NO2/c1-15(13-20(22)23-4)7-5-8-16(2)17-10-11-19-18(14-17)9-6-12-21(19)3/h5,7-8,10-11,13-14H,6,9,12H2,1-4H3. The van der Waals surface area contributed by atoms with Crippen LogP contribution in [-0.4, -0.2) is 26.7 Å². The minimum atomic E-state index is -0.327. The van der Waals surface area contributed by atoms with Crippen LogP contribution in [0.25, 0.3) is 5.57 Å². The summed E-state index contributed by atoms with van der Waals surface area (Å²) in [5, 5.41) is 0. The Bertz CT molecular complexity index is 668. The minimum absolute atomic E-state index is 0.327. The molecule has 0 saturated heterocycles.